The van der Waals surface area contributed by atoms with E-state index in [-0.39, 0.29) is 29.8 Å². The molecule has 2 heterocycles. The fourth-order valence-electron chi connectivity index (χ4n) is 3.86. The van der Waals surface area contributed by atoms with E-state index >= 15 is 0 Å². The topological polar surface area (TPSA) is 81.0 Å². The average molecular weight is 466 g/mol. The highest BCUT2D eigenvalue weighted by molar-refractivity contribution is 7.85. The van der Waals surface area contributed by atoms with Crippen LogP contribution >= 0.6 is 11.3 Å². The van der Waals surface area contributed by atoms with Gasteiger partial charge in [-0.3, -0.25) is 13.4 Å². The van der Waals surface area contributed by atoms with Crippen molar-refractivity contribution in [2.75, 3.05) is 24.3 Å². The fraction of sp³-hybridized carbons (Fsp3) is 0.429. The van der Waals surface area contributed by atoms with Gasteiger partial charge in [0.15, 0.2) is 4.96 Å². The molecule has 0 N–H and O–H groups in total. The molecular weight excluding hydrogens is 441 g/mol. The van der Waals surface area contributed by atoms with Crippen molar-refractivity contribution in [1.29, 1.82) is 0 Å². The van der Waals surface area contributed by atoms with E-state index in [2.05, 4.69) is 0 Å². The Kier molecular flexibility index (Phi) is 5.89. The number of hydrogen-bond donors (Lipinski definition) is 0. The molecular formula is C21H24FN3O4S2. The summed E-state index contributed by atoms with van der Waals surface area (Å²) in [6.07, 6.45) is 1.82. The van der Waals surface area contributed by atoms with Gasteiger partial charge < -0.3 is 4.90 Å². The van der Waals surface area contributed by atoms with Crippen LogP contribution in [0, 0.1) is 18.7 Å². The van der Waals surface area contributed by atoms with Crippen LogP contribution in [0.15, 0.2) is 35.1 Å². The van der Waals surface area contributed by atoms with Gasteiger partial charge in [0.1, 0.15) is 5.82 Å². The Hall–Kier alpha value is -2.30. The number of aromatic nitrogens is 2. The molecule has 1 fully saturated rings. The molecule has 0 aliphatic heterocycles. The molecule has 1 saturated carbocycles. The number of rotatable bonds is 8. The Bertz CT molecular complexity index is 1270. The Morgan fingerprint density at radius 3 is 2.68 bits per heavy atom. The maximum Gasteiger partial charge on any atom is 0.264 e. The van der Waals surface area contributed by atoms with Crippen LogP contribution in [0.1, 0.15) is 35.5 Å². The Morgan fingerprint density at radius 1 is 1.32 bits per heavy atom. The lowest BCUT2D eigenvalue weighted by molar-refractivity contribution is 0.302. The molecule has 2 aromatic heterocycles. The molecule has 1 aromatic carbocycles. The van der Waals surface area contributed by atoms with Crippen molar-refractivity contribution in [3.8, 4) is 0 Å². The van der Waals surface area contributed by atoms with Crippen molar-refractivity contribution in [2.24, 2.45) is 5.92 Å². The molecule has 0 amide bonds. The second-order valence-corrected chi connectivity index (χ2v) is 10.7. The number of thiazole rings is 1. The molecule has 0 spiro atoms. The summed E-state index contributed by atoms with van der Waals surface area (Å²) in [5.41, 5.74) is 2.26. The molecule has 1 aliphatic rings. The number of anilines is 1. The zero-order valence-corrected chi connectivity index (χ0v) is 19.2. The minimum absolute atomic E-state index is 0.0758. The summed E-state index contributed by atoms with van der Waals surface area (Å²) in [6, 6.07) is 7.79. The first kappa shape index (κ1) is 21.9. The first-order chi connectivity index (χ1) is 14.7. The summed E-state index contributed by atoms with van der Waals surface area (Å²) in [7, 11) is -3.48. The smallest absolute Gasteiger partial charge is 0.264 e. The number of hydrogen-bond acceptors (Lipinski definition) is 7. The van der Waals surface area contributed by atoms with Gasteiger partial charge in [-0.2, -0.15) is 8.42 Å². The van der Waals surface area contributed by atoms with Crippen molar-refractivity contribution >= 4 is 32.1 Å². The van der Waals surface area contributed by atoms with Crippen molar-refractivity contribution in [2.45, 2.75) is 32.7 Å². The van der Waals surface area contributed by atoms with Crippen molar-refractivity contribution in [1.82, 2.24) is 9.38 Å². The van der Waals surface area contributed by atoms with Crippen molar-refractivity contribution < 1.29 is 17.0 Å². The van der Waals surface area contributed by atoms with E-state index < -0.39 is 10.1 Å². The number of aryl methyl sites for hydroxylation is 1. The number of fused-ring (bicyclic) bond motifs is 1. The summed E-state index contributed by atoms with van der Waals surface area (Å²) >= 11 is 1.46. The maximum atomic E-state index is 13.2. The van der Waals surface area contributed by atoms with Crippen LogP contribution in [0.4, 0.5) is 10.1 Å². The van der Waals surface area contributed by atoms with Crippen LogP contribution in [0.25, 0.3) is 4.96 Å². The molecule has 0 unspecified atom stereocenters. The van der Waals surface area contributed by atoms with E-state index in [1.165, 1.54) is 23.5 Å². The molecule has 7 nitrogen and oxygen atoms in total. The average Bonchev–Trinajstić information content (AvgIpc) is 3.38. The summed E-state index contributed by atoms with van der Waals surface area (Å²) in [4.78, 5) is 21.3. The molecule has 4 rings (SSSR count). The normalized spacial score (nSPS) is 18.5. The summed E-state index contributed by atoms with van der Waals surface area (Å²) in [5, 5.41) is 0. The zero-order valence-electron chi connectivity index (χ0n) is 17.5. The first-order valence-electron chi connectivity index (χ1n) is 10.0. The lowest BCUT2D eigenvalue weighted by Gasteiger charge is -2.22. The molecule has 2 atom stereocenters. The number of benzene rings is 1. The third-order valence-electron chi connectivity index (χ3n) is 5.48. The van der Waals surface area contributed by atoms with E-state index in [4.69, 9.17) is 9.17 Å². The predicted octanol–water partition coefficient (Wildman–Crippen LogP) is 3.31. The molecule has 0 saturated heterocycles. The van der Waals surface area contributed by atoms with Crippen LogP contribution in [0.2, 0.25) is 0 Å². The second kappa shape index (κ2) is 8.33. The molecule has 31 heavy (non-hydrogen) atoms. The maximum absolute atomic E-state index is 13.2. The molecule has 10 heteroatoms. The Balaban J connectivity index is 1.59. The van der Waals surface area contributed by atoms with E-state index in [0.717, 1.165) is 28.9 Å². The van der Waals surface area contributed by atoms with Gasteiger partial charge in [0.2, 0.25) is 0 Å². The monoisotopic (exact) mass is 465 g/mol. The van der Waals surface area contributed by atoms with Gasteiger partial charge >= 0.3 is 0 Å². The minimum Gasteiger partial charge on any atom is -0.366 e. The van der Waals surface area contributed by atoms with Gasteiger partial charge in [-0.05, 0) is 50.5 Å². The first-order valence-corrected chi connectivity index (χ1v) is 12.7. The van der Waals surface area contributed by atoms with Gasteiger partial charge in [0.05, 0.1) is 25.1 Å². The van der Waals surface area contributed by atoms with E-state index in [9.17, 15) is 17.6 Å². The van der Waals surface area contributed by atoms with Crippen molar-refractivity contribution in [3.63, 3.8) is 0 Å². The van der Waals surface area contributed by atoms with Crippen molar-refractivity contribution in [3.05, 3.63) is 62.8 Å². The largest absolute Gasteiger partial charge is 0.366 e. The summed E-state index contributed by atoms with van der Waals surface area (Å²) in [5.74, 6) is -0.126. The van der Waals surface area contributed by atoms with Crippen LogP contribution in [-0.2, 0) is 20.8 Å². The van der Waals surface area contributed by atoms with Crippen LogP contribution < -0.4 is 10.5 Å². The van der Waals surface area contributed by atoms with Crippen LogP contribution in [-0.4, -0.2) is 37.2 Å². The third-order valence-corrected chi connectivity index (χ3v) is 7.02. The quantitative estimate of drug-likeness (QED) is 0.475. The van der Waals surface area contributed by atoms with Gasteiger partial charge in [-0.15, -0.1) is 11.3 Å². The third kappa shape index (κ3) is 4.81. The van der Waals surface area contributed by atoms with E-state index in [0.29, 0.717) is 23.7 Å². The molecule has 1 aliphatic carbocycles. The Labute approximate surface area is 184 Å². The summed E-state index contributed by atoms with van der Waals surface area (Å²) in [6.45, 7) is 5.20. The van der Waals surface area contributed by atoms with Crippen LogP contribution in [0.3, 0.4) is 0 Å². The molecule has 3 aromatic rings. The lowest BCUT2D eigenvalue weighted by Crippen LogP contribution is -2.25. The lowest BCUT2D eigenvalue weighted by atomic mass is 10.2. The molecule has 0 radical (unpaired) electrons. The predicted molar refractivity (Wildman–Crippen MR) is 119 cm³/mol. The van der Waals surface area contributed by atoms with Gasteiger partial charge in [-0.25, -0.2) is 9.37 Å². The van der Waals surface area contributed by atoms with Crippen LogP contribution in [0.5, 0.6) is 0 Å². The van der Waals surface area contributed by atoms with E-state index in [1.54, 1.807) is 22.6 Å². The standard InChI is InChI=1S/C21H24FN3O4S2/c1-4-24(17-7-5-15(22)6-8-17)11-16-10-19(26)25-20(13(2)30-21(25)23-16)18-9-14(18)12-29-31(3,27)28/h5-8,10,14,18H,4,9,11-12H2,1-3H3/t14-,18+/m0/s1. The highest BCUT2D eigenvalue weighted by Gasteiger charge is 2.42. The number of nitrogens with zero attached hydrogens (tertiary/aromatic N) is 3. The summed E-state index contributed by atoms with van der Waals surface area (Å²) < 4.78 is 42.3. The number of halogens is 1. The second-order valence-electron chi connectivity index (χ2n) is 7.83. The molecule has 0 bridgehead atoms. The highest BCUT2D eigenvalue weighted by Crippen LogP contribution is 2.49. The highest BCUT2D eigenvalue weighted by atomic mass is 32.2. The van der Waals surface area contributed by atoms with Gasteiger partial charge in [0, 0.05) is 34.8 Å². The van der Waals surface area contributed by atoms with Gasteiger partial charge in [0.25, 0.3) is 15.7 Å². The zero-order chi connectivity index (χ0) is 22.3. The SMILES string of the molecule is CCN(Cc1cc(=O)n2c([C@@H]3C[C@H]3COS(C)(=O)=O)c(C)sc2n1)c1ccc(F)cc1. The van der Waals surface area contributed by atoms with Gasteiger partial charge in [-0.1, -0.05) is 0 Å². The molecule has 166 valence electrons. The fourth-order valence-corrected chi connectivity index (χ4v) is 5.35. The van der Waals surface area contributed by atoms with E-state index in [1.807, 2.05) is 18.7 Å². The Morgan fingerprint density at radius 2 is 2.03 bits per heavy atom. The minimum atomic E-state index is -3.48.